The van der Waals surface area contributed by atoms with Crippen molar-refractivity contribution in [2.45, 2.75) is 41.5 Å². The molecular weight excluding hydrogens is 601 g/mol. The number of nitrogens with one attached hydrogen (secondary N) is 1. The number of halogens is 2. The van der Waals surface area contributed by atoms with Crippen molar-refractivity contribution < 1.29 is 13.1 Å². The van der Waals surface area contributed by atoms with Crippen LogP contribution in [0.4, 0.5) is 11.4 Å². The summed E-state index contributed by atoms with van der Waals surface area (Å²) >= 11 is 0.194. The van der Waals surface area contributed by atoms with Crippen LogP contribution in [0.5, 0.6) is 0 Å². The SMILES string of the molecule is Cc1cc(C)c(N=C(c2ccccc2)c2ccc(C(=Nc3c(C)cc(C)cc3C)c3ccccc3)[nH]2)c(C)c1.[Cl][Fe][Cl]. The van der Waals surface area contributed by atoms with Crippen LogP contribution in [-0.4, -0.2) is 16.4 Å². The summed E-state index contributed by atoms with van der Waals surface area (Å²) in [4.78, 5) is 14.2. The van der Waals surface area contributed by atoms with Gasteiger partial charge in [0, 0.05) is 11.1 Å². The monoisotopic (exact) mass is 635 g/mol. The molecule has 0 aliphatic rings. The summed E-state index contributed by atoms with van der Waals surface area (Å²) in [6.45, 7) is 12.8. The molecule has 0 aliphatic heterocycles. The second-order valence-corrected chi connectivity index (χ2v) is 12.3. The molecule has 5 rings (SSSR count). The Kier molecular flexibility index (Phi) is 11.0. The van der Waals surface area contributed by atoms with Crippen molar-refractivity contribution in [2.75, 3.05) is 0 Å². The van der Waals surface area contributed by atoms with Crippen LogP contribution >= 0.6 is 20.2 Å². The summed E-state index contributed by atoms with van der Waals surface area (Å²) in [5.41, 5.74) is 15.1. The van der Waals surface area contributed by atoms with Crippen LogP contribution < -0.4 is 0 Å². The van der Waals surface area contributed by atoms with Gasteiger partial charge < -0.3 is 4.98 Å². The molecule has 0 amide bonds. The number of nitrogens with zero attached hydrogens (tertiary/aromatic N) is 2. The van der Waals surface area contributed by atoms with E-state index < -0.39 is 0 Å². The van der Waals surface area contributed by atoms with Crippen LogP contribution in [0.2, 0.25) is 0 Å². The maximum atomic E-state index is 5.25. The normalized spacial score (nSPS) is 11.8. The second kappa shape index (κ2) is 14.7. The van der Waals surface area contributed by atoms with E-state index in [0.717, 1.165) is 45.3 Å². The van der Waals surface area contributed by atoms with Crippen LogP contribution in [0.15, 0.2) is 107 Å². The second-order valence-electron chi connectivity index (χ2n) is 10.5. The average molecular weight is 636 g/mol. The standard InChI is InChI=1S/C36H35N3.2ClH.Fe/c1-23-19-25(3)33(26(4)20-23)38-35(29-13-9-7-10-14-29)31-17-18-32(37-31)36(30-15-11-8-12-16-30)39-34-27(5)21-24(2)22-28(34)6;;;/h7-22,37H,1-6H3;2*1H;/q;;;+2/p-2. The van der Waals surface area contributed by atoms with E-state index in [4.69, 9.17) is 30.2 Å². The number of benzene rings is 4. The van der Waals surface area contributed by atoms with E-state index in [1.165, 1.54) is 33.4 Å². The van der Waals surface area contributed by atoms with E-state index in [-0.39, 0.29) is 13.1 Å². The van der Waals surface area contributed by atoms with E-state index >= 15 is 0 Å². The van der Waals surface area contributed by atoms with E-state index in [1.54, 1.807) is 0 Å². The number of H-pyrrole nitrogens is 1. The third-order valence-corrected chi connectivity index (χ3v) is 7.01. The summed E-state index contributed by atoms with van der Waals surface area (Å²) in [5.74, 6) is 0. The van der Waals surface area contributed by atoms with Crippen LogP contribution in [0.25, 0.3) is 0 Å². The number of aryl methyl sites for hydroxylation is 6. The first-order chi connectivity index (χ1) is 20.2. The molecule has 0 saturated carbocycles. The molecule has 0 saturated heterocycles. The molecule has 0 unspecified atom stereocenters. The van der Waals surface area contributed by atoms with Gasteiger partial charge in [-0.15, -0.1) is 0 Å². The van der Waals surface area contributed by atoms with Gasteiger partial charge in [-0.05, 0) is 75.9 Å². The van der Waals surface area contributed by atoms with Gasteiger partial charge in [0.15, 0.2) is 0 Å². The fourth-order valence-corrected chi connectivity index (χ4v) is 5.35. The molecule has 0 fully saturated rings. The van der Waals surface area contributed by atoms with Crippen LogP contribution in [-0.2, 0) is 13.1 Å². The maximum absolute atomic E-state index is 5.25. The molecular formula is C36H35Cl2FeN3. The third-order valence-electron chi connectivity index (χ3n) is 7.01. The van der Waals surface area contributed by atoms with Gasteiger partial charge >= 0.3 is 33.3 Å². The van der Waals surface area contributed by atoms with Gasteiger partial charge in [0.2, 0.25) is 0 Å². The van der Waals surface area contributed by atoms with Crippen molar-refractivity contribution in [1.82, 2.24) is 4.98 Å². The average Bonchev–Trinajstić information content (AvgIpc) is 3.43. The first kappa shape index (κ1) is 31.5. The minimum absolute atomic E-state index is 0.194. The quantitative estimate of drug-likeness (QED) is 0.142. The number of rotatable bonds is 6. The molecule has 1 N–H and O–H groups in total. The molecule has 6 heteroatoms. The molecule has 0 radical (unpaired) electrons. The van der Waals surface area contributed by atoms with Gasteiger partial charge in [-0.25, -0.2) is 9.98 Å². The number of aromatic amines is 1. The number of hydrogen-bond donors (Lipinski definition) is 1. The molecule has 0 bridgehead atoms. The van der Waals surface area contributed by atoms with Gasteiger partial charge in [-0.3, -0.25) is 0 Å². The Balaban J connectivity index is 0.00000129. The number of aromatic nitrogens is 1. The summed E-state index contributed by atoms with van der Waals surface area (Å²) < 4.78 is 0. The van der Waals surface area contributed by atoms with Crippen molar-refractivity contribution in [3.63, 3.8) is 0 Å². The van der Waals surface area contributed by atoms with Gasteiger partial charge in [0.1, 0.15) is 0 Å². The van der Waals surface area contributed by atoms with E-state index in [2.05, 4.69) is 131 Å². The first-order valence-corrected chi connectivity index (χ1v) is 16.7. The predicted octanol–water partition coefficient (Wildman–Crippen LogP) is 10.6. The molecule has 0 spiro atoms. The van der Waals surface area contributed by atoms with Gasteiger partial charge in [0.05, 0.1) is 34.2 Å². The third kappa shape index (κ3) is 7.70. The first-order valence-electron chi connectivity index (χ1n) is 13.7. The van der Waals surface area contributed by atoms with Crippen molar-refractivity contribution in [3.8, 4) is 0 Å². The molecule has 1 heterocycles. The van der Waals surface area contributed by atoms with Crippen LogP contribution in [0.3, 0.4) is 0 Å². The fourth-order valence-electron chi connectivity index (χ4n) is 5.35. The minimum atomic E-state index is 0.194. The summed E-state index contributed by atoms with van der Waals surface area (Å²) in [7, 11) is 9.53. The van der Waals surface area contributed by atoms with E-state index in [1.807, 2.05) is 12.1 Å². The molecule has 1 aromatic heterocycles. The van der Waals surface area contributed by atoms with E-state index in [0.29, 0.717) is 0 Å². The summed E-state index contributed by atoms with van der Waals surface area (Å²) in [6, 6.07) is 33.8. The van der Waals surface area contributed by atoms with Gasteiger partial charge in [-0.1, -0.05) is 96.1 Å². The molecule has 0 aliphatic carbocycles. The molecule has 0 atom stereocenters. The Labute approximate surface area is 264 Å². The predicted molar refractivity (Wildman–Crippen MR) is 177 cm³/mol. The molecule has 42 heavy (non-hydrogen) atoms. The van der Waals surface area contributed by atoms with Gasteiger partial charge in [0.25, 0.3) is 0 Å². The van der Waals surface area contributed by atoms with Crippen molar-refractivity contribution in [3.05, 3.63) is 153 Å². The Bertz CT molecular complexity index is 1550. The zero-order chi connectivity index (χ0) is 30.2. The number of hydrogen-bond acceptors (Lipinski definition) is 2. The Morgan fingerprint density at radius 1 is 0.524 bits per heavy atom. The number of aliphatic imine (C=N–C) groups is 2. The van der Waals surface area contributed by atoms with Crippen LogP contribution in [0.1, 0.15) is 55.9 Å². The Morgan fingerprint density at radius 3 is 1.14 bits per heavy atom. The molecule has 5 aromatic rings. The van der Waals surface area contributed by atoms with Crippen molar-refractivity contribution in [2.24, 2.45) is 9.98 Å². The summed E-state index contributed by atoms with van der Waals surface area (Å²) in [6.07, 6.45) is 0. The topological polar surface area (TPSA) is 40.5 Å². The Morgan fingerprint density at radius 2 is 0.833 bits per heavy atom. The van der Waals surface area contributed by atoms with E-state index in [9.17, 15) is 0 Å². The Hall–Kier alpha value is -3.40. The molecule has 4 aromatic carbocycles. The van der Waals surface area contributed by atoms with Crippen molar-refractivity contribution >= 4 is 43.0 Å². The zero-order valence-corrected chi connectivity index (χ0v) is 27.4. The zero-order valence-electron chi connectivity index (χ0n) is 24.7. The molecule has 3 nitrogen and oxygen atoms in total. The fraction of sp³-hybridized carbons (Fsp3) is 0.167. The molecule has 216 valence electrons. The summed E-state index contributed by atoms with van der Waals surface area (Å²) in [5, 5.41) is 0. The van der Waals surface area contributed by atoms with Crippen molar-refractivity contribution in [1.29, 1.82) is 0 Å². The van der Waals surface area contributed by atoms with Gasteiger partial charge in [-0.2, -0.15) is 0 Å². The van der Waals surface area contributed by atoms with Crippen LogP contribution in [0, 0.1) is 41.5 Å².